The molecular weight excluding hydrogens is 238 g/mol. The van der Waals surface area contributed by atoms with Gasteiger partial charge in [0.15, 0.2) is 0 Å². The second-order valence-electron chi connectivity index (χ2n) is 4.69. The van der Waals surface area contributed by atoms with Crippen LogP contribution in [0.5, 0.6) is 0 Å². The second-order valence-corrected chi connectivity index (χ2v) is 4.69. The fraction of sp³-hybridized carbons (Fsp3) is 0.333. The maximum atomic E-state index is 11.7. The summed E-state index contributed by atoms with van der Waals surface area (Å²) in [5.41, 5.74) is 2.24. The zero-order chi connectivity index (χ0) is 13.7. The number of H-pyrrole nitrogens is 1. The molecule has 0 aliphatic rings. The monoisotopic (exact) mass is 255 g/mol. The number of rotatable bonds is 5. The van der Waals surface area contributed by atoms with Crippen molar-refractivity contribution in [3.05, 3.63) is 36.0 Å². The molecule has 0 spiro atoms. The molecular formula is C15H17N3O. The Kier molecular flexibility index (Phi) is 4.19. The lowest BCUT2D eigenvalue weighted by Crippen LogP contribution is -2.32. The summed E-state index contributed by atoms with van der Waals surface area (Å²) in [4.78, 5) is 14.9. The second kappa shape index (κ2) is 6.05. The molecule has 2 aromatic rings. The molecule has 0 fully saturated rings. The minimum Gasteiger partial charge on any atom is -0.361 e. The average Bonchev–Trinajstić information content (AvgIpc) is 2.80. The molecule has 0 saturated heterocycles. The van der Waals surface area contributed by atoms with Crippen molar-refractivity contribution < 1.29 is 4.79 Å². The van der Waals surface area contributed by atoms with E-state index in [1.165, 1.54) is 5.39 Å². The van der Waals surface area contributed by atoms with E-state index in [9.17, 15) is 4.79 Å². The van der Waals surface area contributed by atoms with Gasteiger partial charge in [-0.25, -0.2) is 0 Å². The van der Waals surface area contributed by atoms with Crippen molar-refractivity contribution >= 4 is 16.8 Å². The van der Waals surface area contributed by atoms with Crippen molar-refractivity contribution in [3.63, 3.8) is 0 Å². The van der Waals surface area contributed by atoms with Crippen LogP contribution in [-0.4, -0.2) is 16.9 Å². The molecule has 1 aromatic heterocycles. The predicted molar refractivity (Wildman–Crippen MR) is 74.5 cm³/mol. The summed E-state index contributed by atoms with van der Waals surface area (Å²) in [5, 5.41) is 12.5. The number of benzene rings is 1. The number of amides is 1. The van der Waals surface area contributed by atoms with Gasteiger partial charge in [-0.15, -0.1) is 0 Å². The number of aryl methyl sites for hydroxylation is 1. The number of aromatic nitrogens is 1. The summed E-state index contributed by atoms with van der Waals surface area (Å²) in [7, 11) is 0. The molecule has 1 aromatic carbocycles. The van der Waals surface area contributed by atoms with Crippen LogP contribution in [0.15, 0.2) is 30.5 Å². The van der Waals surface area contributed by atoms with Crippen LogP contribution >= 0.6 is 0 Å². The number of fused-ring (bicyclic) bond motifs is 1. The number of carbonyl (C=O) groups is 1. The quantitative estimate of drug-likeness (QED) is 0.862. The summed E-state index contributed by atoms with van der Waals surface area (Å²) >= 11 is 0. The first-order chi connectivity index (χ1) is 9.20. The molecule has 2 N–H and O–H groups in total. The van der Waals surface area contributed by atoms with Crippen LogP contribution in [0.25, 0.3) is 10.9 Å². The van der Waals surface area contributed by atoms with E-state index in [4.69, 9.17) is 5.26 Å². The molecule has 4 nitrogen and oxygen atoms in total. The number of carbonyl (C=O) groups excluding carboxylic acids is 1. The van der Waals surface area contributed by atoms with Gasteiger partial charge < -0.3 is 10.3 Å². The molecule has 0 radical (unpaired) electrons. The van der Waals surface area contributed by atoms with Gasteiger partial charge in [-0.3, -0.25) is 4.79 Å². The van der Waals surface area contributed by atoms with Gasteiger partial charge in [0.2, 0.25) is 5.91 Å². The zero-order valence-corrected chi connectivity index (χ0v) is 10.9. The molecule has 1 heterocycles. The third-order valence-electron chi connectivity index (χ3n) is 3.10. The first-order valence-corrected chi connectivity index (χ1v) is 6.42. The third kappa shape index (κ3) is 3.35. The molecule has 0 bridgehead atoms. The number of hydrogen-bond acceptors (Lipinski definition) is 2. The van der Waals surface area contributed by atoms with Crippen LogP contribution in [0, 0.1) is 11.3 Å². The van der Waals surface area contributed by atoms with Crippen molar-refractivity contribution in [3.8, 4) is 6.07 Å². The SMILES string of the molecule is CC(CC#N)NC(=O)CCc1c[nH]c2ccccc12. The number of para-hydroxylation sites is 1. The van der Waals surface area contributed by atoms with Crippen LogP contribution in [0.1, 0.15) is 25.3 Å². The first-order valence-electron chi connectivity index (χ1n) is 6.42. The lowest BCUT2D eigenvalue weighted by Gasteiger charge is -2.09. The number of nitrogens with one attached hydrogen (secondary N) is 2. The highest BCUT2D eigenvalue weighted by atomic mass is 16.1. The predicted octanol–water partition coefficient (Wildman–Crippen LogP) is 2.52. The summed E-state index contributed by atoms with van der Waals surface area (Å²) in [6.45, 7) is 1.84. The van der Waals surface area contributed by atoms with Crippen molar-refractivity contribution in [2.24, 2.45) is 0 Å². The van der Waals surface area contributed by atoms with Gasteiger partial charge in [-0.1, -0.05) is 18.2 Å². The van der Waals surface area contributed by atoms with Gasteiger partial charge in [-0.2, -0.15) is 5.26 Å². The van der Waals surface area contributed by atoms with E-state index in [1.807, 2.05) is 37.4 Å². The Balaban J connectivity index is 1.92. The summed E-state index contributed by atoms with van der Waals surface area (Å²) < 4.78 is 0. The van der Waals surface area contributed by atoms with Gasteiger partial charge in [0.05, 0.1) is 12.5 Å². The van der Waals surface area contributed by atoms with E-state index in [0.29, 0.717) is 19.3 Å². The smallest absolute Gasteiger partial charge is 0.220 e. The normalized spacial score (nSPS) is 12.0. The van der Waals surface area contributed by atoms with Crippen LogP contribution in [0.2, 0.25) is 0 Å². The van der Waals surface area contributed by atoms with E-state index in [-0.39, 0.29) is 11.9 Å². The first kappa shape index (κ1) is 13.2. The molecule has 1 unspecified atom stereocenters. The molecule has 0 aliphatic carbocycles. The van der Waals surface area contributed by atoms with E-state index < -0.39 is 0 Å². The third-order valence-corrected chi connectivity index (χ3v) is 3.10. The molecule has 1 atom stereocenters. The van der Waals surface area contributed by atoms with Gasteiger partial charge in [0.25, 0.3) is 0 Å². The maximum Gasteiger partial charge on any atom is 0.220 e. The Labute approximate surface area is 112 Å². The molecule has 19 heavy (non-hydrogen) atoms. The largest absolute Gasteiger partial charge is 0.361 e. The van der Waals surface area contributed by atoms with Crippen molar-refractivity contribution in [2.75, 3.05) is 0 Å². The Bertz CT molecular complexity index is 609. The Morgan fingerprint density at radius 2 is 2.26 bits per heavy atom. The van der Waals surface area contributed by atoms with E-state index >= 15 is 0 Å². The fourth-order valence-corrected chi connectivity index (χ4v) is 2.12. The average molecular weight is 255 g/mol. The molecule has 0 aliphatic heterocycles. The minimum atomic E-state index is -0.0829. The lowest BCUT2D eigenvalue weighted by atomic mass is 10.1. The Morgan fingerprint density at radius 1 is 1.47 bits per heavy atom. The summed E-state index contributed by atoms with van der Waals surface area (Å²) in [5.74, 6) is -0.00645. The molecule has 98 valence electrons. The maximum absolute atomic E-state index is 11.7. The molecule has 2 rings (SSSR count). The Morgan fingerprint density at radius 3 is 3.05 bits per heavy atom. The highest BCUT2D eigenvalue weighted by Gasteiger charge is 2.09. The van der Waals surface area contributed by atoms with Crippen LogP contribution in [0.4, 0.5) is 0 Å². The molecule has 1 amide bonds. The standard InChI is InChI=1S/C15H17N3O/c1-11(8-9-16)18-15(19)7-6-12-10-17-14-5-3-2-4-13(12)14/h2-5,10-11,17H,6-8H2,1H3,(H,18,19). The van der Waals surface area contributed by atoms with Crippen LogP contribution < -0.4 is 5.32 Å². The van der Waals surface area contributed by atoms with Gasteiger partial charge in [0.1, 0.15) is 0 Å². The van der Waals surface area contributed by atoms with Crippen LogP contribution in [0.3, 0.4) is 0 Å². The topological polar surface area (TPSA) is 68.7 Å². The highest BCUT2D eigenvalue weighted by Crippen LogP contribution is 2.18. The van der Waals surface area contributed by atoms with Gasteiger partial charge in [-0.05, 0) is 25.0 Å². The zero-order valence-electron chi connectivity index (χ0n) is 10.9. The van der Waals surface area contributed by atoms with E-state index in [2.05, 4.69) is 16.4 Å². The van der Waals surface area contributed by atoms with Gasteiger partial charge >= 0.3 is 0 Å². The number of nitrogens with zero attached hydrogens (tertiary/aromatic N) is 1. The number of nitriles is 1. The summed E-state index contributed by atoms with van der Waals surface area (Å²) in [6.07, 6.45) is 3.45. The Hall–Kier alpha value is -2.28. The fourth-order valence-electron chi connectivity index (χ4n) is 2.12. The minimum absolute atomic E-state index is 0.00645. The lowest BCUT2D eigenvalue weighted by molar-refractivity contribution is -0.121. The van der Waals surface area contributed by atoms with Crippen molar-refractivity contribution in [1.29, 1.82) is 5.26 Å². The summed E-state index contributed by atoms with van der Waals surface area (Å²) in [6, 6.07) is 10.0. The van der Waals surface area contributed by atoms with E-state index in [1.54, 1.807) is 0 Å². The number of aromatic amines is 1. The number of hydrogen-bond donors (Lipinski definition) is 2. The van der Waals surface area contributed by atoms with Crippen molar-refractivity contribution in [2.45, 2.75) is 32.2 Å². The highest BCUT2D eigenvalue weighted by molar-refractivity contribution is 5.84. The van der Waals surface area contributed by atoms with E-state index in [0.717, 1.165) is 11.1 Å². The molecule has 4 heteroatoms. The molecule has 0 saturated carbocycles. The van der Waals surface area contributed by atoms with Gasteiger partial charge in [0, 0.05) is 29.6 Å². The van der Waals surface area contributed by atoms with Crippen molar-refractivity contribution in [1.82, 2.24) is 10.3 Å². The van der Waals surface area contributed by atoms with Crippen LogP contribution in [-0.2, 0) is 11.2 Å².